The van der Waals surface area contributed by atoms with E-state index in [1.165, 1.54) is 11.1 Å². The molecule has 0 bridgehead atoms. The van der Waals surface area contributed by atoms with Crippen LogP contribution in [-0.4, -0.2) is 105 Å². The van der Waals surface area contributed by atoms with E-state index in [0.29, 0.717) is 63.9 Å². The van der Waals surface area contributed by atoms with E-state index < -0.39 is 8.32 Å². The fraction of sp³-hybridized carbons (Fsp3) is 0.440. The third-order valence-corrected chi connectivity index (χ3v) is 17.1. The number of nitrogens with one attached hydrogen (secondary N) is 4. The second-order valence-electron chi connectivity index (χ2n) is 18.3. The molecule has 0 unspecified atom stereocenters. The van der Waals surface area contributed by atoms with Crippen LogP contribution in [0.1, 0.15) is 105 Å². The van der Waals surface area contributed by atoms with Gasteiger partial charge in [0.25, 0.3) is 11.8 Å². The molecule has 5 N–H and O–H groups in total. The lowest BCUT2D eigenvalue weighted by Gasteiger charge is -2.37. The van der Waals surface area contributed by atoms with Crippen molar-refractivity contribution in [2.75, 3.05) is 51.2 Å². The molecule has 2 aromatic carbocycles. The molecule has 6 heterocycles. The van der Waals surface area contributed by atoms with Gasteiger partial charge < -0.3 is 49.4 Å². The molecule has 6 aromatic rings. The van der Waals surface area contributed by atoms with Crippen LogP contribution >= 0.6 is 12.4 Å². The maximum absolute atomic E-state index is 13.2. The highest BCUT2D eigenvalue weighted by atomic mass is 35.5. The zero-order valence-electron chi connectivity index (χ0n) is 40.2. The summed E-state index contributed by atoms with van der Waals surface area (Å²) < 4.78 is 21.1. The quantitative estimate of drug-likeness (QED) is 0.0649. The molecule has 2 atom stereocenters. The van der Waals surface area contributed by atoms with E-state index in [4.69, 9.17) is 13.9 Å². The van der Waals surface area contributed by atoms with E-state index >= 15 is 0 Å². The highest BCUT2D eigenvalue weighted by Gasteiger charge is 2.37. The van der Waals surface area contributed by atoms with Gasteiger partial charge in [-0.25, -0.2) is 9.97 Å². The number of halogens is 1. The van der Waals surface area contributed by atoms with Crippen LogP contribution in [0, 0.1) is 0 Å². The number of carbonyl (C=O) groups excluding carboxylic acids is 2. The number of pyridine rings is 2. The van der Waals surface area contributed by atoms with Crippen molar-refractivity contribution in [2.24, 2.45) is 0 Å². The Balaban J connectivity index is 0.000000297. The van der Waals surface area contributed by atoms with Crippen molar-refractivity contribution in [2.45, 2.75) is 106 Å². The Labute approximate surface area is 419 Å². The molecule has 0 radical (unpaired) electrons. The van der Waals surface area contributed by atoms with E-state index in [1.54, 1.807) is 55.7 Å². The first kappa shape index (κ1) is 56.5. The zero-order chi connectivity index (χ0) is 47.9. The third kappa shape index (κ3) is 13.0. The Bertz CT molecular complexity index is 2700. The van der Waals surface area contributed by atoms with E-state index in [0.717, 1.165) is 50.1 Å². The minimum absolute atomic E-state index is 0. The molecule has 0 spiro atoms. The maximum Gasteiger partial charge on any atom is 0.260 e. The van der Waals surface area contributed by atoms with Gasteiger partial charge in [-0.2, -0.15) is 0 Å². The predicted octanol–water partition coefficient (Wildman–Crippen LogP) is 8.32. The molecule has 70 heavy (non-hydrogen) atoms. The zero-order valence-corrected chi connectivity index (χ0v) is 42.0. The SMILES string of the molecule is C.C.COc1cc2c(cc1C(=O)Nc1cccc(-c3nncn3[C@H](C)CO)n1)CNCC2.COc1cc2c(cc1C(=O)Nc1cccc(-c3nncn3[C@H](C)CO[Si](C)(C)C(C)(C)C)n1)CNCC2.Cl. The third-order valence-electron chi connectivity index (χ3n) is 12.6. The van der Waals surface area contributed by atoms with Gasteiger partial charge in [0.1, 0.15) is 47.2 Å². The largest absolute Gasteiger partial charge is 0.496 e. The van der Waals surface area contributed by atoms with Gasteiger partial charge in [-0.15, -0.1) is 32.8 Å². The van der Waals surface area contributed by atoms with E-state index in [1.807, 2.05) is 47.9 Å². The Morgan fingerprint density at radius 2 is 1.17 bits per heavy atom. The fourth-order valence-electron chi connectivity index (χ4n) is 7.55. The van der Waals surface area contributed by atoms with Gasteiger partial charge in [-0.05, 0) is 129 Å². The van der Waals surface area contributed by atoms with Gasteiger partial charge >= 0.3 is 0 Å². The molecule has 0 saturated heterocycles. The van der Waals surface area contributed by atoms with Crippen molar-refractivity contribution >= 4 is 44.2 Å². The number of rotatable bonds is 14. The minimum atomic E-state index is -1.89. The van der Waals surface area contributed by atoms with Crippen LogP contribution in [0.3, 0.4) is 0 Å². The molecule has 0 aliphatic carbocycles. The van der Waals surface area contributed by atoms with Crippen molar-refractivity contribution in [1.29, 1.82) is 0 Å². The smallest absolute Gasteiger partial charge is 0.260 e. The summed E-state index contributed by atoms with van der Waals surface area (Å²) >= 11 is 0. The van der Waals surface area contributed by atoms with Gasteiger partial charge in [-0.1, -0.05) is 47.8 Å². The number of carbonyl (C=O) groups is 2. The molecular formula is C50H71ClN12O6Si. The number of aliphatic hydroxyl groups is 1. The number of fused-ring (bicyclic) bond motifs is 2. The number of aliphatic hydroxyl groups excluding tert-OH is 1. The summed E-state index contributed by atoms with van der Waals surface area (Å²) in [6.07, 6.45) is 5.07. The Morgan fingerprint density at radius 1 is 0.729 bits per heavy atom. The first-order chi connectivity index (χ1) is 32.1. The average Bonchev–Trinajstić information content (AvgIpc) is 4.04. The first-order valence-electron chi connectivity index (χ1n) is 22.5. The van der Waals surface area contributed by atoms with Crippen molar-refractivity contribution in [1.82, 2.24) is 50.1 Å². The van der Waals surface area contributed by atoms with Crippen LogP contribution < -0.4 is 30.7 Å². The minimum Gasteiger partial charge on any atom is -0.496 e. The van der Waals surface area contributed by atoms with E-state index in [-0.39, 0.29) is 62.8 Å². The number of anilines is 2. The van der Waals surface area contributed by atoms with Gasteiger partial charge in [-0.3, -0.25) is 9.59 Å². The number of hydrogen-bond acceptors (Lipinski definition) is 14. The molecule has 4 aromatic heterocycles. The second kappa shape index (κ2) is 24.6. The topological polar surface area (TPSA) is 217 Å². The van der Waals surface area contributed by atoms with E-state index in [2.05, 4.69) is 92.4 Å². The molecule has 8 rings (SSSR count). The van der Waals surface area contributed by atoms with Gasteiger partial charge in [0.2, 0.25) is 0 Å². The lowest BCUT2D eigenvalue weighted by atomic mass is 9.97. The van der Waals surface area contributed by atoms with Crippen LogP contribution in [0.2, 0.25) is 18.1 Å². The summed E-state index contributed by atoms with van der Waals surface area (Å²) in [4.78, 5) is 35.4. The van der Waals surface area contributed by atoms with Gasteiger partial charge in [0.15, 0.2) is 20.0 Å². The second-order valence-corrected chi connectivity index (χ2v) is 23.1. The molecule has 2 aliphatic heterocycles. The van der Waals surface area contributed by atoms with Gasteiger partial charge in [0.05, 0.1) is 50.6 Å². The maximum atomic E-state index is 13.2. The highest BCUT2D eigenvalue weighted by Crippen LogP contribution is 2.37. The van der Waals surface area contributed by atoms with E-state index in [9.17, 15) is 14.7 Å². The van der Waals surface area contributed by atoms with Crippen molar-refractivity contribution in [3.63, 3.8) is 0 Å². The Hall–Kier alpha value is -6.09. The number of amides is 2. The molecule has 20 heteroatoms. The summed E-state index contributed by atoms with van der Waals surface area (Å²) in [5, 5.41) is 38.5. The lowest BCUT2D eigenvalue weighted by Crippen LogP contribution is -2.42. The Morgan fingerprint density at radius 3 is 1.59 bits per heavy atom. The molecule has 0 fully saturated rings. The molecule has 2 aliphatic rings. The standard InChI is InChI=1S/C27H38N6O3Si.C21H24N6O3.2CH4.ClH/c1-18(16-36-37(6,7)27(2,3)4)33-17-29-32-25(33)22-9-8-10-24(30-22)31-26(34)21-13-20-15-28-12-11-19(20)14-23(21)35-5;1-13(11-28)27-12-23-26-20(27)17-4-3-5-19(24-17)25-21(29)16-8-15-10-22-7-6-14(15)9-18(16)30-2;;;/h8-10,13-14,17-18,28H,11-12,15-16H2,1-7H3,(H,30,31,34);3-5,8-9,12-13,22,28H,6-7,10-11H2,1-2H3,(H,24,25,29);2*1H4;1H/t18-;13-;;;/m11.../s1. The van der Waals surface area contributed by atoms with Crippen molar-refractivity contribution in [3.8, 4) is 34.5 Å². The Kier molecular flexibility index (Phi) is 19.9. The van der Waals surface area contributed by atoms with Crippen LogP contribution in [0.25, 0.3) is 23.0 Å². The number of ether oxygens (including phenoxy) is 2. The number of hydrogen-bond donors (Lipinski definition) is 5. The van der Waals surface area contributed by atoms with Crippen LogP contribution in [0.4, 0.5) is 11.6 Å². The predicted molar refractivity (Wildman–Crippen MR) is 280 cm³/mol. The highest BCUT2D eigenvalue weighted by molar-refractivity contribution is 6.74. The van der Waals surface area contributed by atoms with Crippen LogP contribution in [-0.2, 0) is 30.4 Å². The lowest BCUT2D eigenvalue weighted by molar-refractivity contribution is 0.101. The number of benzene rings is 2. The van der Waals surface area contributed by atoms with Crippen molar-refractivity contribution < 1.29 is 28.6 Å². The summed E-state index contributed by atoms with van der Waals surface area (Å²) in [5.74, 6) is 2.50. The molecule has 2 amide bonds. The molecule has 18 nitrogen and oxygen atoms in total. The number of methoxy groups -OCH3 is 2. The molecule has 378 valence electrons. The fourth-order valence-corrected chi connectivity index (χ4v) is 8.64. The monoisotopic (exact) mass is 999 g/mol. The average molecular weight is 1000 g/mol. The number of aromatic nitrogens is 8. The number of nitrogens with zero attached hydrogens (tertiary/aromatic N) is 8. The summed E-state index contributed by atoms with van der Waals surface area (Å²) in [6.45, 7) is 18.9. The van der Waals surface area contributed by atoms with Crippen molar-refractivity contribution in [3.05, 3.63) is 107 Å². The van der Waals surface area contributed by atoms with Crippen LogP contribution in [0.15, 0.2) is 73.3 Å². The first-order valence-corrected chi connectivity index (χ1v) is 25.4. The summed E-state index contributed by atoms with van der Waals surface area (Å²) in [5.41, 5.74) is 6.73. The van der Waals surface area contributed by atoms with Crippen LogP contribution in [0.5, 0.6) is 11.5 Å². The summed E-state index contributed by atoms with van der Waals surface area (Å²) in [6, 6.07) is 18.3. The van der Waals surface area contributed by atoms with Gasteiger partial charge in [0, 0.05) is 13.1 Å². The molecular weight excluding hydrogens is 928 g/mol. The summed E-state index contributed by atoms with van der Waals surface area (Å²) in [7, 11) is 1.26. The normalized spacial score (nSPS) is 13.8. The molecule has 0 saturated carbocycles.